The SMILES string of the molecule is FCC(F)(F)C(F)(F)C(F)(F)C(F)(F)C(F)(F)C(F)F. The molecule has 20 heavy (non-hydrogen) atoms. The Morgan fingerprint density at radius 2 is 0.950 bits per heavy atom. The van der Waals surface area contributed by atoms with Gasteiger partial charge in [-0.3, -0.25) is 0 Å². The molecule has 0 bridgehead atoms. The second-order valence-electron chi connectivity index (χ2n) is 3.48. The van der Waals surface area contributed by atoms with Gasteiger partial charge in [-0.15, -0.1) is 0 Å². The monoisotopic (exact) mass is 334 g/mol. The van der Waals surface area contributed by atoms with Crippen LogP contribution in [-0.4, -0.2) is 42.7 Å². The van der Waals surface area contributed by atoms with Crippen molar-refractivity contribution in [3.05, 3.63) is 0 Å². The summed E-state index contributed by atoms with van der Waals surface area (Å²) < 4.78 is 158. The lowest BCUT2D eigenvalue weighted by molar-refractivity contribution is -0.413. The average Bonchev–Trinajstić information content (AvgIpc) is 2.27. The lowest BCUT2D eigenvalue weighted by Crippen LogP contribution is -2.69. The lowest BCUT2D eigenvalue weighted by atomic mass is 9.95. The van der Waals surface area contributed by atoms with E-state index >= 15 is 0 Å². The largest absolute Gasteiger partial charge is 0.384 e. The standard InChI is InChI=1S/C7H3F13/c8-1-3(11,12)5(15,16)7(19,20)6(17,18)4(13,14)2(9)10/h2H,1H2. The van der Waals surface area contributed by atoms with Gasteiger partial charge in [0.25, 0.3) is 0 Å². The fourth-order valence-electron chi connectivity index (χ4n) is 0.857. The van der Waals surface area contributed by atoms with Gasteiger partial charge in [-0.05, 0) is 0 Å². The number of alkyl halides is 13. The van der Waals surface area contributed by atoms with E-state index in [1.807, 2.05) is 0 Å². The number of halogens is 13. The van der Waals surface area contributed by atoms with Gasteiger partial charge in [-0.1, -0.05) is 0 Å². The molecule has 122 valence electrons. The van der Waals surface area contributed by atoms with Crippen molar-refractivity contribution in [1.29, 1.82) is 0 Å². The fourth-order valence-corrected chi connectivity index (χ4v) is 0.857. The summed E-state index contributed by atoms with van der Waals surface area (Å²) in [4.78, 5) is 0. The van der Waals surface area contributed by atoms with Gasteiger partial charge in [0.05, 0.1) is 0 Å². The third kappa shape index (κ3) is 2.28. The van der Waals surface area contributed by atoms with Crippen LogP contribution in [0.15, 0.2) is 0 Å². The van der Waals surface area contributed by atoms with Crippen molar-refractivity contribution in [2.75, 3.05) is 6.67 Å². The highest BCUT2D eigenvalue weighted by molar-refractivity contribution is 5.08. The Kier molecular flexibility index (Phi) is 4.61. The molecule has 0 nitrogen and oxygen atoms in total. The maximum Gasteiger partial charge on any atom is 0.384 e. The minimum Gasteiger partial charge on any atom is -0.244 e. The van der Waals surface area contributed by atoms with Crippen LogP contribution in [0.1, 0.15) is 0 Å². The van der Waals surface area contributed by atoms with Crippen LogP contribution in [0, 0.1) is 0 Å². The molecule has 0 unspecified atom stereocenters. The van der Waals surface area contributed by atoms with Crippen molar-refractivity contribution in [2.45, 2.75) is 36.0 Å². The van der Waals surface area contributed by atoms with Crippen LogP contribution in [-0.2, 0) is 0 Å². The molecule has 0 spiro atoms. The van der Waals surface area contributed by atoms with Crippen LogP contribution in [0.5, 0.6) is 0 Å². The Hall–Kier alpha value is -0.910. The van der Waals surface area contributed by atoms with Crippen molar-refractivity contribution >= 4 is 0 Å². The first kappa shape index (κ1) is 19.1. The van der Waals surface area contributed by atoms with Crippen molar-refractivity contribution in [2.24, 2.45) is 0 Å². The van der Waals surface area contributed by atoms with Gasteiger partial charge in [-0.2, -0.15) is 43.9 Å². The Labute approximate surface area is 101 Å². The van der Waals surface area contributed by atoms with Gasteiger partial charge in [0, 0.05) is 0 Å². The maximum atomic E-state index is 12.6. The zero-order valence-electron chi connectivity index (χ0n) is 8.70. The Morgan fingerprint density at radius 1 is 0.600 bits per heavy atom. The van der Waals surface area contributed by atoms with Crippen LogP contribution < -0.4 is 0 Å². The van der Waals surface area contributed by atoms with Crippen LogP contribution in [0.25, 0.3) is 0 Å². The molecule has 0 amide bonds. The van der Waals surface area contributed by atoms with Gasteiger partial charge in [0.15, 0.2) is 6.67 Å². The smallest absolute Gasteiger partial charge is 0.244 e. The Balaban J connectivity index is 5.98. The van der Waals surface area contributed by atoms with Gasteiger partial charge in [0.2, 0.25) is 0 Å². The Morgan fingerprint density at radius 3 is 1.20 bits per heavy atom. The molecule has 0 aliphatic rings. The first-order valence-electron chi connectivity index (χ1n) is 4.24. The third-order valence-corrected chi connectivity index (χ3v) is 2.11. The summed E-state index contributed by atoms with van der Waals surface area (Å²) in [6, 6.07) is 0. The quantitative estimate of drug-likeness (QED) is 0.632. The van der Waals surface area contributed by atoms with Gasteiger partial charge >= 0.3 is 36.0 Å². The van der Waals surface area contributed by atoms with E-state index in [2.05, 4.69) is 0 Å². The van der Waals surface area contributed by atoms with Gasteiger partial charge in [0.1, 0.15) is 0 Å². The van der Waals surface area contributed by atoms with Gasteiger partial charge in [-0.25, -0.2) is 13.2 Å². The predicted octanol–water partition coefficient (Wildman–Crippen LogP) is 4.40. The zero-order valence-corrected chi connectivity index (χ0v) is 8.70. The minimum atomic E-state index is -7.64. The molecule has 0 radical (unpaired) electrons. The molecule has 13 heteroatoms. The molecule has 0 fully saturated rings. The van der Waals surface area contributed by atoms with Crippen LogP contribution in [0.2, 0.25) is 0 Å². The first-order chi connectivity index (χ1) is 8.50. The molecule has 0 atom stereocenters. The molecule has 0 N–H and O–H groups in total. The molecular formula is C7H3F13. The summed E-state index contributed by atoms with van der Waals surface area (Å²) in [6.07, 6.45) is -5.56. The fraction of sp³-hybridized carbons (Fsp3) is 1.00. The summed E-state index contributed by atoms with van der Waals surface area (Å²) in [7, 11) is 0. The van der Waals surface area contributed by atoms with Gasteiger partial charge < -0.3 is 0 Å². The maximum absolute atomic E-state index is 12.6. The van der Waals surface area contributed by atoms with E-state index in [4.69, 9.17) is 0 Å². The molecule has 0 saturated carbocycles. The number of hydrogen-bond acceptors (Lipinski definition) is 0. The normalized spacial score (nSPS) is 15.9. The predicted molar refractivity (Wildman–Crippen MR) is 36.7 cm³/mol. The number of rotatable bonds is 6. The van der Waals surface area contributed by atoms with Crippen LogP contribution in [0.4, 0.5) is 57.1 Å². The highest BCUT2D eigenvalue weighted by Gasteiger charge is 2.87. The molecule has 0 aromatic heterocycles. The van der Waals surface area contributed by atoms with E-state index in [0.29, 0.717) is 0 Å². The number of hydrogen-bond donors (Lipinski definition) is 0. The van der Waals surface area contributed by atoms with Crippen molar-refractivity contribution in [3.63, 3.8) is 0 Å². The molecule has 0 saturated heterocycles. The lowest BCUT2D eigenvalue weighted by Gasteiger charge is -2.38. The molecule has 0 aliphatic carbocycles. The molecule has 0 aliphatic heterocycles. The molecule has 0 aromatic carbocycles. The van der Waals surface area contributed by atoms with Crippen molar-refractivity contribution in [3.8, 4) is 0 Å². The van der Waals surface area contributed by atoms with E-state index < -0.39 is 42.7 Å². The molecular weight excluding hydrogens is 331 g/mol. The van der Waals surface area contributed by atoms with E-state index in [1.165, 1.54) is 0 Å². The summed E-state index contributed by atoms with van der Waals surface area (Å²) in [5.41, 5.74) is 0. The highest BCUT2D eigenvalue weighted by atomic mass is 19.4. The van der Waals surface area contributed by atoms with Crippen molar-refractivity contribution < 1.29 is 57.1 Å². The van der Waals surface area contributed by atoms with E-state index in [-0.39, 0.29) is 0 Å². The summed E-state index contributed by atoms with van der Waals surface area (Å²) in [5.74, 6) is -36.1. The Bertz CT molecular complexity index is 343. The van der Waals surface area contributed by atoms with E-state index in [1.54, 1.807) is 0 Å². The third-order valence-electron chi connectivity index (χ3n) is 2.11. The van der Waals surface area contributed by atoms with E-state index in [0.717, 1.165) is 0 Å². The average molecular weight is 334 g/mol. The van der Waals surface area contributed by atoms with E-state index in [9.17, 15) is 57.1 Å². The topological polar surface area (TPSA) is 0 Å². The second-order valence-corrected chi connectivity index (χ2v) is 3.48. The summed E-state index contributed by atoms with van der Waals surface area (Å²) >= 11 is 0. The molecule has 0 rings (SSSR count). The zero-order chi connectivity index (χ0) is 16.8. The highest BCUT2D eigenvalue weighted by Crippen LogP contribution is 2.58. The second kappa shape index (κ2) is 4.83. The summed E-state index contributed by atoms with van der Waals surface area (Å²) in [6.45, 7) is -3.61. The molecule has 0 heterocycles. The van der Waals surface area contributed by atoms with Crippen LogP contribution in [0.3, 0.4) is 0 Å². The first-order valence-corrected chi connectivity index (χ1v) is 4.24. The van der Waals surface area contributed by atoms with Crippen LogP contribution >= 0.6 is 0 Å². The van der Waals surface area contributed by atoms with Crippen molar-refractivity contribution in [1.82, 2.24) is 0 Å². The summed E-state index contributed by atoms with van der Waals surface area (Å²) in [5, 5.41) is 0. The minimum absolute atomic E-state index is 3.61. The molecule has 0 aromatic rings.